The molecule has 0 heterocycles. The summed E-state index contributed by atoms with van der Waals surface area (Å²) in [5, 5.41) is 9.68. The zero-order valence-electron chi connectivity index (χ0n) is 11.5. The highest BCUT2D eigenvalue weighted by Gasteiger charge is 2.14. The van der Waals surface area contributed by atoms with Gasteiger partial charge in [0.25, 0.3) is 0 Å². The fourth-order valence-corrected chi connectivity index (χ4v) is 1.95. The van der Waals surface area contributed by atoms with Crippen molar-refractivity contribution in [3.05, 3.63) is 59.4 Å². The van der Waals surface area contributed by atoms with Crippen molar-refractivity contribution in [1.29, 1.82) is 0 Å². The van der Waals surface area contributed by atoms with E-state index in [0.717, 1.165) is 5.56 Å². The summed E-state index contributed by atoms with van der Waals surface area (Å²) in [6.07, 6.45) is -0.803. The smallest absolute Gasteiger partial charge is 0.168 e. The van der Waals surface area contributed by atoms with Gasteiger partial charge in [-0.05, 0) is 30.7 Å². The summed E-state index contributed by atoms with van der Waals surface area (Å²) in [5.74, 6) is 0.0594. The molecule has 0 aliphatic rings. The van der Waals surface area contributed by atoms with Gasteiger partial charge in [-0.2, -0.15) is 0 Å². The number of hydrogen-bond acceptors (Lipinski definition) is 3. The van der Waals surface area contributed by atoms with Crippen molar-refractivity contribution in [3.63, 3.8) is 0 Å². The van der Waals surface area contributed by atoms with Gasteiger partial charge < -0.3 is 14.6 Å². The van der Waals surface area contributed by atoms with Crippen molar-refractivity contribution in [2.45, 2.75) is 19.6 Å². The fraction of sp³-hybridized carbons (Fsp3) is 0.250. The van der Waals surface area contributed by atoms with Gasteiger partial charge in [0.2, 0.25) is 0 Å². The van der Waals surface area contributed by atoms with E-state index in [1.165, 1.54) is 6.07 Å². The minimum Gasteiger partial charge on any atom is -0.454 e. The van der Waals surface area contributed by atoms with Gasteiger partial charge in [-0.25, -0.2) is 4.39 Å². The summed E-state index contributed by atoms with van der Waals surface area (Å²) in [6.45, 7) is 2.03. The lowest BCUT2D eigenvalue weighted by molar-refractivity contribution is 0.184. The van der Waals surface area contributed by atoms with Crippen LogP contribution in [0.3, 0.4) is 0 Å². The van der Waals surface area contributed by atoms with E-state index in [2.05, 4.69) is 0 Å². The van der Waals surface area contributed by atoms with Crippen molar-refractivity contribution in [1.82, 2.24) is 0 Å². The van der Waals surface area contributed by atoms with Crippen molar-refractivity contribution >= 4 is 0 Å². The number of rotatable bonds is 5. The second-order valence-corrected chi connectivity index (χ2v) is 4.52. The number of aliphatic hydroxyl groups is 1. The van der Waals surface area contributed by atoms with Crippen LogP contribution in [0.1, 0.15) is 24.2 Å². The van der Waals surface area contributed by atoms with E-state index in [0.29, 0.717) is 17.9 Å². The number of hydrogen-bond donors (Lipinski definition) is 1. The van der Waals surface area contributed by atoms with Crippen molar-refractivity contribution in [3.8, 4) is 11.5 Å². The lowest BCUT2D eigenvalue weighted by Crippen LogP contribution is -1.99. The molecule has 0 aliphatic heterocycles. The molecule has 2 aromatic carbocycles. The van der Waals surface area contributed by atoms with Crippen LogP contribution in [-0.2, 0) is 11.3 Å². The molecule has 0 saturated carbocycles. The number of ether oxygens (including phenoxy) is 2. The van der Waals surface area contributed by atoms with Crippen molar-refractivity contribution in [2.75, 3.05) is 7.11 Å². The summed E-state index contributed by atoms with van der Waals surface area (Å²) < 4.78 is 24.5. The molecule has 0 aliphatic carbocycles. The van der Waals surface area contributed by atoms with Crippen molar-refractivity contribution < 1.29 is 19.0 Å². The number of benzene rings is 2. The van der Waals surface area contributed by atoms with Crippen LogP contribution in [0, 0.1) is 5.82 Å². The van der Waals surface area contributed by atoms with Crippen LogP contribution in [0.5, 0.6) is 11.5 Å². The molecule has 0 saturated heterocycles. The predicted molar refractivity (Wildman–Crippen MR) is 74.3 cm³/mol. The third-order valence-electron chi connectivity index (χ3n) is 2.88. The van der Waals surface area contributed by atoms with Gasteiger partial charge in [0, 0.05) is 12.7 Å². The number of methoxy groups -OCH3 is 1. The molecule has 0 aromatic heterocycles. The average Bonchev–Trinajstić information content (AvgIpc) is 2.41. The fourth-order valence-electron chi connectivity index (χ4n) is 1.95. The molecule has 4 heteroatoms. The number of aliphatic hydroxyl groups excluding tert-OH is 1. The van der Waals surface area contributed by atoms with Crippen LogP contribution in [0.2, 0.25) is 0 Å². The Kier molecular flexibility index (Phi) is 4.71. The zero-order chi connectivity index (χ0) is 14.5. The Hall–Kier alpha value is -1.91. The Morgan fingerprint density at radius 2 is 1.95 bits per heavy atom. The largest absolute Gasteiger partial charge is 0.454 e. The maximum absolute atomic E-state index is 13.9. The van der Waals surface area contributed by atoms with Gasteiger partial charge >= 0.3 is 0 Å². The normalized spacial score (nSPS) is 12.2. The van der Waals surface area contributed by atoms with E-state index in [-0.39, 0.29) is 5.75 Å². The highest BCUT2D eigenvalue weighted by atomic mass is 19.1. The first kappa shape index (κ1) is 14.5. The van der Waals surface area contributed by atoms with Crippen LogP contribution in [0.4, 0.5) is 4.39 Å². The maximum Gasteiger partial charge on any atom is 0.168 e. The topological polar surface area (TPSA) is 38.7 Å². The van der Waals surface area contributed by atoms with E-state index in [1.807, 2.05) is 12.1 Å². The molecular formula is C16H17FO3. The zero-order valence-corrected chi connectivity index (χ0v) is 11.5. The second kappa shape index (κ2) is 6.50. The van der Waals surface area contributed by atoms with Gasteiger partial charge in [-0.15, -0.1) is 0 Å². The molecule has 0 radical (unpaired) electrons. The van der Waals surface area contributed by atoms with Gasteiger partial charge in [0.1, 0.15) is 5.75 Å². The van der Waals surface area contributed by atoms with Crippen LogP contribution in [-0.4, -0.2) is 12.2 Å². The van der Waals surface area contributed by atoms with E-state index in [9.17, 15) is 9.50 Å². The maximum atomic E-state index is 13.9. The lowest BCUT2D eigenvalue weighted by Gasteiger charge is -2.14. The van der Waals surface area contributed by atoms with E-state index < -0.39 is 11.9 Å². The Bertz CT molecular complexity index is 582. The van der Waals surface area contributed by atoms with Gasteiger partial charge in [0.15, 0.2) is 11.6 Å². The summed E-state index contributed by atoms with van der Waals surface area (Å²) in [5.41, 5.74) is 1.35. The molecule has 0 bridgehead atoms. The molecule has 0 fully saturated rings. The second-order valence-electron chi connectivity index (χ2n) is 4.52. The van der Waals surface area contributed by atoms with Crippen LogP contribution < -0.4 is 4.74 Å². The highest BCUT2D eigenvalue weighted by molar-refractivity contribution is 5.41. The SMILES string of the molecule is COCc1cccc(Oc2c(F)cccc2[C@H](C)O)c1. The lowest BCUT2D eigenvalue weighted by atomic mass is 10.1. The molecule has 0 amide bonds. The Morgan fingerprint density at radius 3 is 2.65 bits per heavy atom. The van der Waals surface area contributed by atoms with Crippen LogP contribution in [0.25, 0.3) is 0 Å². The third-order valence-corrected chi connectivity index (χ3v) is 2.88. The van der Waals surface area contributed by atoms with Crippen LogP contribution in [0.15, 0.2) is 42.5 Å². The minimum atomic E-state index is -0.803. The van der Waals surface area contributed by atoms with E-state index >= 15 is 0 Å². The highest BCUT2D eigenvalue weighted by Crippen LogP contribution is 2.32. The average molecular weight is 276 g/mol. The molecule has 1 N–H and O–H groups in total. The molecule has 2 aromatic rings. The monoisotopic (exact) mass is 276 g/mol. The predicted octanol–water partition coefficient (Wildman–Crippen LogP) is 3.82. The van der Waals surface area contributed by atoms with Gasteiger partial charge in [-0.3, -0.25) is 0 Å². The van der Waals surface area contributed by atoms with Crippen molar-refractivity contribution in [2.24, 2.45) is 0 Å². The van der Waals surface area contributed by atoms with E-state index in [1.54, 1.807) is 38.3 Å². The Balaban J connectivity index is 2.32. The van der Waals surface area contributed by atoms with Gasteiger partial charge in [0.05, 0.1) is 12.7 Å². The molecular weight excluding hydrogens is 259 g/mol. The first-order chi connectivity index (χ1) is 9.61. The minimum absolute atomic E-state index is 0.0528. The quantitative estimate of drug-likeness (QED) is 0.902. The molecule has 0 spiro atoms. The van der Waals surface area contributed by atoms with Crippen LogP contribution >= 0.6 is 0 Å². The first-order valence-electron chi connectivity index (χ1n) is 6.34. The molecule has 20 heavy (non-hydrogen) atoms. The van der Waals surface area contributed by atoms with E-state index in [4.69, 9.17) is 9.47 Å². The molecule has 0 unspecified atom stereocenters. The summed E-state index contributed by atoms with van der Waals surface area (Å²) in [6, 6.07) is 11.7. The summed E-state index contributed by atoms with van der Waals surface area (Å²) in [7, 11) is 1.61. The molecule has 1 atom stereocenters. The first-order valence-corrected chi connectivity index (χ1v) is 6.34. The standard InChI is InChI=1S/C16H17FO3/c1-11(18)14-7-4-8-15(17)16(14)20-13-6-3-5-12(9-13)10-19-2/h3-9,11,18H,10H2,1-2H3/t11-/m0/s1. The Morgan fingerprint density at radius 1 is 1.20 bits per heavy atom. The number of para-hydroxylation sites is 1. The molecule has 3 nitrogen and oxygen atoms in total. The molecule has 2 rings (SSSR count). The molecule has 106 valence electrons. The Labute approximate surface area is 117 Å². The summed E-state index contributed by atoms with van der Waals surface area (Å²) in [4.78, 5) is 0. The van der Waals surface area contributed by atoms with Gasteiger partial charge in [-0.1, -0.05) is 24.3 Å². The third kappa shape index (κ3) is 3.35. The number of halogens is 1. The summed E-state index contributed by atoms with van der Waals surface area (Å²) >= 11 is 0.